The van der Waals surface area contributed by atoms with E-state index in [-0.39, 0.29) is 16.9 Å². The van der Waals surface area contributed by atoms with E-state index in [1.54, 1.807) is 32.2 Å². The molecular formula is C25H22N4O6. The minimum Gasteiger partial charge on any atom is -0.497 e. The van der Waals surface area contributed by atoms with Crippen molar-refractivity contribution in [1.29, 1.82) is 0 Å². The number of nitro benzene ring substituents is 1. The number of imidazole rings is 1. The summed E-state index contributed by atoms with van der Waals surface area (Å²) in [6, 6.07) is 16.4. The molecule has 10 nitrogen and oxygen atoms in total. The van der Waals surface area contributed by atoms with Crippen LogP contribution in [0.25, 0.3) is 22.4 Å². The number of hydrogen-bond acceptors (Lipinski definition) is 7. The zero-order valence-corrected chi connectivity index (χ0v) is 19.2. The number of fused-ring (bicyclic) bond motifs is 1. The molecule has 0 aliphatic carbocycles. The number of aryl methyl sites for hydroxylation is 1. The van der Waals surface area contributed by atoms with Crippen LogP contribution in [-0.4, -0.2) is 40.0 Å². The number of ether oxygens (including phenoxy) is 2. The molecule has 1 aromatic heterocycles. The summed E-state index contributed by atoms with van der Waals surface area (Å²) in [6.45, 7) is 3.13. The number of hydrogen-bond donors (Lipinski definition) is 2. The molecule has 0 saturated heterocycles. The van der Waals surface area contributed by atoms with E-state index in [2.05, 4.69) is 15.3 Å². The van der Waals surface area contributed by atoms with Gasteiger partial charge in [-0.05, 0) is 61.9 Å². The molecule has 0 radical (unpaired) electrons. The number of carbonyl (C=O) groups excluding carboxylic acids is 2. The molecule has 4 aromatic rings. The molecule has 0 fully saturated rings. The quantitative estimate of drug-likeness (QED) is 0.226. The van der Waals surface area contributed by atoms with Gasteiger partial charge in [-0.15, -0.1) is 0 Å². The van der Waals surface area contributed by atoms with Crippen molar-refractivity contribution >= 4 is 34.3 Å². The normalized spacial score (nSPS) is 11.6. The van der Waals surface area contributed by atoms with Gasteiger partial charge in [0.05, 0.1) is 34.3 Å². The van der Waals surface area contributed by atoms with Crippen LogP contribution in [0.1, 0.15) is 22.8 Å². The van der Waals surface area contributed by atoms with E-state index >= 15 is 0 Å². The van der Waals surface area contributed by atoms with Crippen molar-refractivity contribution in [2.75, 3.05) is 12.4 Å². The summed E-state index contributed by atoms with van der Waals surface area (Å²) < 4.78 is 10.5. The third-order valence-corrected chi connectivity index (χ3v) is 5.42. The smallest absolute Gasteiger partial charge is 0.338 e. The molecule has 0 spiro atoms. The number of nitrogens with zero attached hydrogens (tertiary/aromatic N) is 2. The number of carbonyl (C=O) groups is 2. The maximum absolute atomic E-state index is 12.7. The number of methoxy groups -OCH3 is 1. The third kappa shape index (κ3) is 5.11. The van der Waals surface area contributed by atoms with Gasteiger partial charge in [0, 0.05) is 17.7 Å². The molecule has 1 atom stereocenters. The number of nitro groups is 1. The molecule has 2 N–H and O–H groups in total. The fourth-order valence-corrected chi connectivity index (χ4v) is 3.40. The second-order valence-corrected chi connectivity index (χ2v) is 7.84. The van der Waals surface area contributed by atoms with E-state index in [0.717, 1.165) is 11.3 Å². The van der Waals surface area contributed by atoms with Gasteiger partial charge >= 0.3 is 5.97 Å². The molecule has 178 valence electrons. The van der Waals surface area contributed by atoms with Crippen LogP contribution in [0.15, 0.2) is 60.7 Å². The summed E-state index contributed by atoms with van der Waals surface area (Å²) >= 11 is 0. The fraction of sp³-hybridized carbons (Fsp3) is 0.160. The van der Waals surface area contributed by atoms with Crippen LogP contribution in [0.5, 0.6) is 5.75 Å². The molecule has 0 aliphatic rings. The number of non-ortho nitro benzene ring substituents is 1. The second kappa shape index (κ2) is 9.64. The molecule has 10 heteroatoms. The predicted octanol–water partition coefficient (Wildman–Crippen LogP) is 4.64. The van der Waals surface area contributed by atoms with Crippen LogP contribution in [0.2, 0.25) is 0 Å². The Morgan fingerprint density at radius 1 is 1.09 bits per heavy atom. The maximum Gasteiger partial charge on any atom is 0.338 e. The van der Waals surface area contributed by atoms with Crippen molar-refractivity contribution < 1.29 is 24.0 Å². The standard InChI is InChI=1S/C25H22N4O6/c1-14-4-8-18(29(32)33)13-21(14)28-24(30)15(2)35-25(31)17-7-11-20-22(12-17)27-23(26-20)16-5-9-19(34-3)10-6-16/h4-13,15H,1-3H3,(H,26,27)(H,28,30). The van der Waals surface area contributed by atoms with Gasteiger partial charge in [0.15, 0.2) is 6.10 Å². The Balaban J connectivity index is 1.46. The highest BCUT2D eigenvalue weighted by molar-refractivity contribution is 5.99. The Labute approximate surface area is 200 Å². The van der Waals surface area contributed by atoms with Gasteiger partial charge < -0.3 is 19.8 Å². The van der Waals surface area contributed by atoms with Crippen molar-refractivity contribution in [3.63, 3.8) is 0 Å². The maximum atomic E-state index is 12.7. The average molecular weight is 474 g/mol. The molecule has 1 unspecified atom stereocenters. The molecule has 35 heavy (non-hydrogen) atoms. The summed E-state index contributed by atoms with van der Waals surface area (Å²) in [4.78, 5) is 43.4. The largest absolute Gasteiger partial charge is 0.497 e. The first-order chi connectivity index (χ1) is 16.7. The number of amides is 1. The van der Waals surface area contributed by atoms with Gasteiger partial charge in [-0.25, -0.2) is 9.78 Å². The number of nitrogens with one attached hydrogen (secondary N) is 2. The van der Waals surface area contributed by atoms with Gasteiger partial charge in [-0.2, -0.15) is 0 Å². The first-order valence-corrected chi connectivity index (χ1v) is 10.7. The lowest BCUT2D eigenvalue weighted by atomic mass is 10.1. The fourth-order valence-electron chi connectivity index (χ4n) is 3.40. The Morgan fingerprint density at radius 2 is 1.83 bits per heavy atom. The number of aromatic nitrogens is 2. The first kappa shape index (κ1) is 23.4. The van der Waals surface area contributed by atoms with Gasteiger partial charge in [-0.1, -0.05) is 6.07 Å². The zero-order valence-electron chi connectivity index (χ0n) is 19.2. The first-order valence-electron chi connectivity index (χ1n) is 10.7. The molecule has 4 rings (SSSR count). The molecular weight excluding hydrogens is 452 g/mol. The summed E-state index contributed by atoms with van der Waals surface area (Å²) in [6.07, 6.45) is -1.13. The van der Waals surface area contributed by atoms with E-state index in [0.29, 0.717) is 22.4 Å². The minimum absolute atomic E-state index is 0.155. The number of H-pyrrole nitrogens is 1. The zero-order chi connectivity index (χ0) is 25.1. The van der Waals surface area contributed by atoms with Crippen molar-refractivity contribution in [2.45, 2.75) is 20.0 Å². The Hall–Kier alpha value is -4.73. The number of anilines is 1. The van der Waals surface area contributed by atoms with Crippen molar-refractivity contribution in [3.05, 3.63) is 81.9 Å². The summed E-state index contributed by atoms with van der Waals surface area (Å²) in [5.74, 6) is 0.0687. The minimum atomic E-state index is -1.13. The molecule has 0 aliphatic heterocycles. The lowest BCUT2D eigenvalue weighted by molar-refractivity contribution is -0.384. The topological polar surface area (TPSA) is 136 Å². The number of benzene rings is 3. The van der Waals surface area contributed by atoms with Crippen molar-refractivity contribution in [3.8, 4) is 17.1 Å². The SMILES string of the molecule is COc1ccc(-c2nc3ccc(C(=O)OC(C)C(=O)Nc4cc([N+](=O)[O-])ccc4C)cc3[nH]2)cc1. The Bertz CT molecular complexity index is 1430. The van der Waals surface area contributed by atoms with E-state index in [9.17, 15) is 19.7 Å². The van der Waals surface area contributed by atoms with Crippen LogP contribution in [0.3, 0.4) is 0 Å². The number of rotatable bonds is 7. The molecule has 3 aromatic carbocycles. The van der Waals surface area contributed by atoms with E-state index < -0.39 is 22.9 Å². The van der Waals surface area contributed by atoms with Gasteiger partial charge in [0.25, 0.3) is 11.6 Å². The lowest BCUT2D eigenvalue weighted by Gasteiger charge is -2.14. The number of aromatic amines is 1. The van der Waals surface area contributed by atoms with Crippen LogP contribution in [0.4, 0.5) is 11.4 Å². The summed E-state index contributed by atoms with van der Waals surface area (Å²) in [5, 5.41) is 13.6. The molecule has 1 heterocycles. The average Bonchev–Trinajstić information content (AvgIpc) is 3.28. The van der Waals surface area contributed by atoms with E-state index in [4.69, 9.17) is 9.47 Å². The van der Waals surface area contributed by atoms with E-state index in [1.807, 2.05) is 24.3 Å². The van der Waals surface area contributed by atoms with Gasteiger partial charge in [-0.3, -0.25) is 14.9 Å². The summed E-state index contributed by atoms with van der Waals surface area (Å²) in [7, 11) is 1.59. The van der Waals surface area contributed by atoms with Crippen LogP contribution in [0, 0.1) is 17.0 Å². The van der Waals surface area contributed by atoms with Crippen molar-refractivity contribution in [1.82, 2.24) is 9.97 Å². The van der Waals surface area contributed by atoms with E-state index in [1.165, 1.54) is 25.1 Å². The van der Waals surface area contributed by atoms with Crippen LogP contribution in [-0.2, 0) is 9.53 Å². The van der Waals surface area contributed by atoms with Gasteiger partial charge in [0.1, 0.15) is 11.6 Å². The van der Waals surface area contributed by atoms with Gasteiger partial charge in [0.2, 0.25) is 0 Å². The molecule has 0 saturated carbocycles. The number of esters is 1. The van der Waals surface area contributed by atoms with Crippen LogP contribution >= 0.6 is 0 Å². The Kier molecular flexibility index (Phi) is 6.45. The van der Waals surface area contributed by atoms with Crippen molar-refractivity contribution in [2.24, 2.45) is 0 Å². The highest BCUT2D eigenvalue weighted by atomic mass is 16.6. The molecule has 0 bridgehead atoms. The highest BCUT2D eigenvalue weighted by Gasteiger charge is 2.21. The highest BCUT2D eigenvalue weighted by Crippen LogP contribution is 2.24. The summed E-state index contributed by atoms with van der Waals surface area (Å²) in [5.41, 5.74) is 3.16. The lowest BCUT2D eigenvalue weighted by Crippen LogP contribution is -2.30. The predicted molar refractivity (Wildman–Crippen MR) is 129 cm³/mol. The monoisotopic (exact) mass is 474 g/mol. The Morgan fingerprint density at radius 3 is 2.51 bits per heavy atom. The third-order valence-electron chi connectivity index (χ3n) is 5.42. The van der Waals surface area contributed by atoms with Crippen LogP contribution < -0.4 is 10.1 Å². The molecule has 1 amide bonds. The second-order valence-electron chi connectivity index (χ2n) is 7.84.